The first-order chi connectivity index (χ1) is 8.74. The van der Waals surface area contributed by atoms with Crippen LogP contribution in [0.15, 0.2) is 18.2 Å². The molecule has 96 valence electrons. The predicted octanol–water partition coefficient (Wildman–Crippen LogP) is 2.73. The Kier molecular flexibility index (Phi) is 4.10. The molecule has 18 heavy (non-hydrogen) atoms. The third kappa shape index (κ3) is 2.76. The van der Waals surface area contributed by atoms with Gasteiger partial charge >= 0.3 is 0 Å². The minimum atomic E-state index is 0.102. The van der Waals surface area contributed by atoms with Crippen LogP contribution in [0.2, 0.25) is 0 Å². The highest BCUT2D eigenvalue weighted by Crippen LogP contribution is 2.15. The normalized spacial score (nSPS) is 11.0. The van der Waals surface area contributed by atoms with Crippen molar-refractivity contribution in [3.05, 3.63) is 29.6 Å². The second-order valence-electron chi connectivity index (χ2n) is 4.33. The molecule has 0 aliphatic rings. The summed E-state index contributed by atoms with van der Waals surface area (Å²) < 4.78 is 4.92. The van der Waals surface area contributed by atoms with Gasteiger partial charge in [-0.05, 0) is 24.6 Å². The highest BCUT2D eigenvalue weighted by Gasteiger charge is 2.08. The highest BCUT2D eigenvalue weighted by atomic mass is 16.5. The van der Waals surface area contributed by atoms with Gasteiger partial charge in [0.15, 0.2) is 5.78 Å². The molecule has 1 aromatic carbocycles. The van der Waals surface area contributed by atoms with E-state index in [2.05, 4.69) is 16.9 Å². The molecule has 0 fully saturated rings. The fourth-order valence-corrected chi connectivity index (χ4v) is 1.93. The Hall–Kier alpha value is -1.68. The van der Waals surface area contributed by atoms with Crippen molar-refractivity contribution >= 4 is 16.8 Å². The van der Waals surface area contributed by atoms with Gasteiger partial charge in [-0.1, -0.05) is 6.92 Å². The van der Waals surface area contributed by atoms with Crippen molar-refractivity contribution in [3.8, 4) is 0 Å². The molecule has 1 aromatic heterocycles. The number of nitrogens with one attached hydrogen (secondary N) is 1. The van der Waals surface area contributed by atoms with Crippen LogP contribution in [0.25, 0.3) is 11.0 Å². The van der Waals surface area contributed by atoms with Gasteiger partial charge in [-0.15, -0.1) is 0 Å². The van der Waals surface area contributed by atoms with Crippen LogP contribution in [0.5, 0.6) is 0 Å². The van der Waals surface area contributed by atoms with Crippen LogP contribution in [-0.4, -0.2) is 29.5 Å². The van der Waals surface area contributed by atoms with Crippen LogP contribution < -0.4 is 0 Å². The number of methoxy groups -OCH3 is 1. The van der Waals surface area contributed by atoms with E-state index < -0.39 is 0 Å². The molecule has 0 aliphatic carbocycles. The van der Waals surface area contributed by atoms with E-state index in [4.69, 9.17) is 4.74 Å². The van der Waals surface area contributed by atoms with Gasteiger partial charge < -0.3 is 9.72 Å². The van der Waals surface area contributed by atoms with E-state index in [-0.39, 0.29) is 5.78 Å². The number of imidazole rings is 1. The smallest absolute Gasteiger partial charge is 0.165 e. The van der Waals surface area contributed by atoms with E-state index in [0.717, 1.165) is 29.7 Å². The molecule has 0 aliphatic heterocycles. The average Bonchev–Trinajstić information content (AvgIpc) is 2.77. The molecule has 0 saturated heterocycles. The summed E-state index contributed by atoms with van der Waals surface area (Å²) in [5, 5.41) is 0. The molecule has 0 amide bonds. The number of hydrogen-bond donors (Lipinski definition) is 1. The van der Waals surface area contributed by atoms with Crippen molar-refractivity contribution < 1.29 is 9.53 Å². The predicted molar refractivity (Wildman–Crippen MR) is 70.9 cm³/mol. The maximum atomic E-state index is 11.9. The molecule has 0 radical (unpaired) electrons. The van der Waals surface area contributed by atoms with E-state index in [0.29, 0.717) is 18.6 Å². The number of ketones is 1. The lowest BCUT2D eigenvalue weighted by Crippen LogP contribution is -2.03. The van der Waals surface area contributed by atoms with Gasteiger partial charge in [0.1, 0.15) is 5.82 Å². The zero-order valence-corrected chi connectivity index (χ0v) is 10.8. The Morgan fingerprint density at radius 1 is 1.44 bits per heavy atom. The van der Waals surface area contributed by atoms with Gasteiger partial charge in [0.2, 0.25) is 0 Å². The summed E-state index contributed by atoms with van der Waals surface area (Å²) in [7, 11) is 1.60. The summed E-state index contributed by atoms with van der Waals surface area (Å²) in [4.78, 5) is 19.6. The Morgan fingerprint density at radius 2 is 2.28 bits per heavy atom. The van der Waals surface area contributed by atoms with Crippen LogP contribution in [-0.2, 0) is 11.2 Å². The lowest BCUT2D eigenvalue weighted by molar-refractivity contribution is 0.0932. The van der Waals surface area contributed by atoms with Crippen molar-refractivity contribution in [3.63, 3.8) is 0 Å². The summed E-state index contributed by atoms with van der Waals surface area (Å²) in [5.41, 5.74) is 2.56. The molecule has 1 N–H and O–H groups in total. The standard InChI is InChI=1S/C14H18N2O2/c1-3-4-14-15-11-6-5-10(9-12(11)16-14)13(17)7-8-18-2/h5-6,9H,3-4,7-8H2,1-2H3,(H,15,16). The lowest BCUT2D eigenvalue weighted by atomic mass is 10.1. The first-order valence-corrected chi connectivity index (χ1v) is 6.25. The molecule has 0 bridgehead atoms. The van der Waals surface area contributed by atoms with Crippen LogP contribution in [0, 0.1) is 0 Å². The second-order valence-corrected chi connectivity index (χ2v) is 4.33. The Balaban J connectivity index is 2.23. The van der Waals surface area contributed by atoms with Gasteiger partial charge in [-0.3, -0.25) is 4.79 Å². The van der Waals surface area contributed by atoms with Crippen LogP contribution >= 0.6 is 0 Å². The largest absolute Gasteiger partial charge is 0.384 e. The monoisotopic (exact) mass is 246 g/mol. The van der Waals surface area contributed by atoms with Gasteiger partial charge in [0.05, 0.1) is 17.6 Å². The third-order valence-corrected chi connectivity index (χ3v) is 2.87. The first-order valence-electron chi connectivity index (χ1n) is 6.25. The molecule has 1 heterocycles. The number of benzene rings is 1. The van der Waals surface area contributed by atoms with Crippen molar-refractivity contribution in [1.82, 2.24) is 9.97 Å². The summed E-state index contributed by atoms with van der Waals surface area (Å²) in [6.45, 7) is 2.58. The molecule has 0 saturated carbocycles. The lowest BCUT2D eigenvalue weighted by Gasteiger charge is -2.00. The number of hydrogen-bond acceptors (Lipinski definition) is 3. The quantitative estimate of drug-likeness (QED) is 0.797. The Morgan fingerprint density at radius 3 is 3.00 bits per heavy atom. The number of carbonyl (C=O) groups excluding carboxylic acids is 1. The third-order valence-electron chi connectivity index (χ3n) is 2.87. The molecule has 4 heteroatoms. The molecule has 2 aromatic rings. The number of nitrogens with zero attached hydrogens (tertiary/aromatic N) is 1. The molecule has 4 nitrogen and oxygen atoms in total. The summed E-state index contributed by atoms with van der Waals surface area (Å²) in [6.07, 6.45) is 2.40. The summed E-state index contributed by atoms with van der Waals surface area (Å²) in [6, 6.07) is 5.60. The van der Waals surface area contributed by atoms with Gasteiger partial charge in [0.25, 0.3) is 0 Å². The topological polar surface area (TPSA) is 55.0 Å². The Bertz CT molecular complexity index is 546. The zero-order valence-electron chi connectivity index (χ0n) is 10.8. The van der Waals surface area contributed by atoms with Gasteiger partial charge in [0, 0.05) is 25.5 Å². The minimum absolute atomic E-state index is 0.102. The van der Waals surface area contributed by atoms with E-state index >= 15 is 0 Å². The number of aromatic nitrogens is 2. The number of rotatable bonds is 6. The zero-order chi connectivity index (χ0) is 13.0. The van der Waals surface area contributed by atoms with E-state index in [1.807, 2.05) is 18.2 Å². The van der Waals surface area contributed by atoms with E-state index in [1.165, 1.54) is 0 Å². The van der Waals surface area contributed by atoms with Crippen LogP contribution in [0.1, 0.15) is 35.9 Å². The second kappa shape index (κ2) is 5.78. The average molecular weight is 246 g/mol. The molecule has 0 atom stereocenters. The van der Waals surface area contributed by atoms with Crippen LogP contribution in [0.3, 0.4) is 0 Å². The number of carbonyl (C=O) groups is 1. The Labute approximate surface area is 106 Å². The SMILES string of the molecule is CCCc1nc2ccc(C(=O)CCOC)cc2[nH]1. The molecular formula is C14H18N2O2. The number of fused-ring (bicyclic) bond motifs is 1. The summed E-state index contributed by atoms with van der Waals surface area (Å²) in [5.74, 6) is 1.08. The fraction of sp³-hybridized carbons (Fsp3) is 0.429. The molecule has 0 unspecified atom stereocenters. The van der Waals surface area contributed by atoms with Crippen molar-refractivity contribution in [2.75, 3.05) is 13.7 Å². The number of H-pyrrole nitrogens is 1. The van der Waals surface area contributed by atoms with Crippen LogP contribution in [0.4, 0.5) is 0 Å². The number of aromatic amines is 1. The first kappa shape index (κ1) is 12.8. The number of aryl methyl sites for hydroxylation is 1. The van der Waals surface area contributed by atoms with E-state index in [9.17, 15) is 4.79 Å². The summed E-state index contributed by atoms with van der Waals surface area (Å²) >= 11 is 0. The van der Waals surface area contributed by atoms with Gasteiger partial charge in [-0.2, -0.15) is 0 Å². The number of ether oxygens (including phenoxy) is 1. The van der Waals surface area contributed by atoms with Gasteiger partial charge in [-0.25, -0.2) is 4.98 Å². The van der Waals surface area contributed by atoms with Crippen molar-refractivity contribution in [2.24, 2.45) is 0 Å². The fourth-order valence-electron chi connectivity index (χ4n) is 1.93. The maximum absolute atomic E-state index is 11.9. The van der Waals surface area contributed by atoms with Crippen molar-refractivity contribution in [1.29, 1.82) is 0 Å². The van der Waals surface area contributed by atoms with Crippen molar-refractivity contribution in [2.45, 2.75) is 26.2 Å². The molecule has 2 rings (SSSR count). The molecular weight excluding hydrogens is 228 g/mol. The molecule has 0 spiro atoms. The number of Topliss-reactive ketones (excluding diaryl/α,β-unsaturated/α-hetero) is 1. The minimum Gasteiger partial charge on any atom is -0.384 e. The van der Waals surface area contributed by atoms with E-state index in [1.54, 1.807) is 7.11 Å². The highest BCUT2D eigenvalue weighted by molar-refractivity contribution is 5.98. The maximum Gasteiger partial charge on any atom is 0.165 e.